The van der Waals surface area contributed by atoms with E-state index in [2.05, 4.69) is 163 Å². The summed E-state index contributed by atoms with van der Waals surface area (Å²) in [6.45, 7) is 0. The van der Waals surface area contributed by atoms with Gasteiger partial charge in [0, 0.05) is 36.0 Å². The van der Waals surface area contributed by atoms with Crippen LogP contribution in [0.25, 0.3) is 27.1 Å². The first-order valence-corrected chi connectivity index (χ1v) is 15.1. The van der Waals surface area contributed by atoms with E-state index >= 15 is 0 Å². The number of para-hydroxylation sites is 1. The maximum Gasteiger partial charge on any atom is 0.262 e. The standard InChI is InChI=1S/C38H33N2S/c1-39-33-25-24-30-18-9-10-19-31(30)37(33)38(26-28-14-5-3-6-15-28,27-29-16-7-4-8-17-29)35(39)22-13-23-36-40(2)32-20-11-12-21-34(32)41-36/h3-25H,26-27H2,1-2H3/q+1. The Morgan fingerprint density at radius 3 is 2.07 bits per heavy atom. The number of thiazole rings is 1. The van der Waals surface area contributed by atoms with E-state index in [0.29, 0.717) is 0 Å². The molecule has 200 valence electrons. The normalized spacial score (nSPS) is 15.4. The zero-order chi connectivity index (χ0) is 27.8. The monoisotopic (exact) mass is 549 g/mol. The van der Waals surface area contributed by atoms with Crippen LogP contribution in [0, 0.1) is 0 Å². The molecule has 0 amide bonds. The molecule has 0 radical (unpaired) electrons. The molecule has 0 saturated carbocycles. The lowest BCUT2D eigenvalue weighted by atomic mass is 9.69. The fourth-order valence-corrected chi connectivity index (χ4v) is 7.75. The van der Waals surface area contributed by atoms with Crippen molar-refractivity contribution >= 4 is 44.1 Å². The molecular formula is C38H33N2S+. The first kappa shape index (κ1) is 25.5. The van der Waals surface area contributed by atoms with Crippen molar-refractivity contribution in [2.75, 3.05) is 11.9 Å². The summed E-state index contributed by atoms with van der Waals surface area (Å²) < 4.78 is 3.60. The number of likely N-dealkylation sites (N-methyl/N-ethyl adjacent to an activating group) is 1. The topological polar surface area (TPSA) is 7.12 Å². The number of rotatable bonds is 6. The van der Waals surface area contributed by atoms with Gasteiger partial charge in [-0.15, -0.1) is 0 Å². The van der Waals surface area contributed by atoms with Crippen LogP contribution < -0.4 is 9.47 Å². The van der Waals surface area contributed by atoms with Gasteiger partial charge in [0.25, 0.3) is 5.01 Å². The minimum Gasteiger partial charge on any atom is -0.347 e. The van der Waals surface area contributed by atoms with E-state index in [9.17, 15) is 0 Å². The van der Waals surface area contributed by atoms with E-state index in [-0.39, 0.29) is 5.41 Å². The third-order valence-corrected chi connectivity index (χ3v) is 9.74. The highest BCUT2D eigenvalue weighted by atomic mass is 32.1. The minimum atomic E-state index is -0.236. The van der Waals surface area contributed by atoms with Gasteiger partial charge in [0.05, 0.1) is 0 Å². The number of hydrogen-bond donors (Lipinski definition) is 0. The molecule has 3 heteroatoms. The molecule has 41 heavy (non-hydrogen) atoms. The van der Waals surface area contributed by atoms with Gasteiger partial charge in [-0.3, -0.25) is 0 Å². The predicted molar refractivity (Wildman–Crippen MR) is 174 cm³/mol. The summed E-state index contributed by atoms with van der Waals surface area (Å²) in [6.07, 6.45) is 8.73. The molecule has 0 fully saturated rings. The number of benzene rings is 5. The summed E-state index contributed by atoms with van der Waals surface area (Å²) in [5, 5.41) is 3.87. The molecule has 7 rings (SSSR count). The van der Waals surface area contributed by atoms with E-state index in [0.717, 1.165) is 12.8 Å². The largest absolute Gasteiger partial charge is 0.347 e. The summed E-state index contributed by atoms with van der Waals surface area (Å²) in [5.74, 6) is 0. The van der Waals surface area contributed by atoms with Gasteiger partial charge in [0.15, 0.2) is 0 Å². The molecular weight excluding hydrogens is 516 g/mol. The predicted octanol–water partition coefficient (Wildman–Crippen LogP) is 8.65. The van der Waals surface area contributed by atoms with Gasteiger partial charge in [-0.05, 0) is 58.5 Å². The van der Waals surface area contributed by atoms with Crippen molar-refractivity contribution < 1.29 is 4.57 Å². The van der Waals surface area contributed by atoms with E-state index in [1.54, 1.807) is 0 Å². The number of allylic oxidation sites excluding steroid dienone is 3. The quantitative estimate of drug-likeness (QED) is 0.189. The molecule has 0 atom stereocenters. The fraction of sp³-hybridized carbons (Fsp3) is 0.132. The molecule has 1 aliphatic rings. The van der Waals surface area contributed by atoms with Gasteiger partial charge in [0.1, 0.15) is 11.7 Å². The van der Waals surface area contributed by atoms with Crippen LogP contribution in [-0.4, -0.2) is 7.05 Å². The minimum absolute atomic E-state index is 0.236. The first-order valence-electron chi connectivity index (χ1n) is 14.2. The van der Waals surface area contributed by atoms with E-state index in [1.807, 2.05) is 11.3 Å². The second kappa shape index (κ2) is 10.5. The Morgan fingerprint density at radius 1 is 0.732 bits per heavy atom. The smallest absolute Gasteiger partial charge is 0.262 e. The summed E-state index contributed by atoms with van der Waals surface area (Å²) in [5.41, 5.74) is 7.79. The van der Waals surface area contributed by atoms with Crippen molar-refractivity contribution in [1.82, 2.24) is 0 Å². The Kier molecular flexibility index (Phi) is 6.53. The SMILES string of the molecule is CN1C(=CC=Cc2sc3ccccc3[n+]2C)C(Cc2ccccc2)(Cc2ccccc2)c2c1ccc1ccccc21. The molecule has 1 aromatic heterocycles. The van der Waals surface area contributed by atoms with Crippen LogP contribution >= 0.6 is 11.3 Å². The third kappa shape index (κ3) is 4.47. The number of aromatic nitrogens is 1. The van der Waals surface area contributed by atoms with Crippen molar-refractivity contribution in [3.63, 3.8) is 0 Å². The average molecular weight is 550 g/mol. The van der Waals surface area contributed by atoms with Gasteiger partial charge in [0.2, 0.25) is 5.52 Å². The Balaban J connectivity index is 1.44. The van der Waals surface area contributed by atoms with Crippen molar-refractivity contribution in [3.8, 4) is 0 Å². The lowest BCUT2D eigenvalue weighted by Crippen LogP contribution is -2.34. The van der Waals surface area contributed by atoms with Crippen molar-refractivity contribution in [2.24, 2.45) is 7.05 Å². The van der Waals surface area contributed by atoms with Crippen LogP contribution in [0.4, 0.5) is 5.69 Å². The van der Waals surface area contributed by atoms with Gasteiger partial charge in [-0.25, -0.2) is 0 Å². The Hall–Kier alpha value is -4.47. The number of nitrogens with zero attached hydrogens (tertiary/aromatic N) is 2. The fourth-order valence-electron chi connectivity index (χ4n) is 6.69. The maximum absolute atomic E-state index is 2.43. The molecule has 0 spiro atoms. The molecule has 5 aromatic carbocycles. The lowest BCUT2D eigenvalue weighted by Gasteiger charge is -2.34. The molecule has 0 saturated heterocycles. The molecule has 0 unspecified atom stereocenters. The molecule has 6 aromatic rings. The number of anilines is 1. The summed E-state index contributed by atoms with van der Waals surface area (Å²) >= 11 is 1.83. The second-order valence-corrected chi connectivity index (χ2v) is 12.1. The average Bonchev–Trinajstić information content (AvgIpc) is 3.45. The van der Waals surface area contributed by atoms with Crippen LogP contribution in [0.5, 0.6) is 0 Å². The summed E-state index contributed by atoms with van der Waals surface area (Å²) in [4.78, 5) is 2.43. The van der Waals surface area contributed by atoms with Gasteiger partial charge < -0.3 is 4.90 Å². The van der Waals surface area contributed by atoms with Crippen LogP contribution in [0.1, 0.15) is 21.7 Å². The maximum atomic E-state index is 2.43. The van der Waals surface area contributed by atoms with Crippen LogP contribution in [0.3, 0.4) is 0 Å². The van der Waals surface area contributed by atoms with E-state index in [1.165, 1.54) is 54.1 Å². The van der Waals surface area contributed by atoms with E-state index in [4.69, 9.17) is 0 Å². The molecule has 2 heterocycles. The molecule has 0 aliphatic carbocycles. The summed E-state index contributed by atoms with van der Waals surface area (Å²) in [6, 6.07) is 44.1. The first-order chi connectivity index (χ1) is 20.1. The Labute approximate surface area is 246 Å². The van der Waals surface area contributed by atoms with Crippen molar-refractivity contribution in [1.29, 1.82) is 0 Å². The van der Waals surface area contributed by atoms with Gasteiger partial charge >= 0.3 is 0 Å². The molecule has 0 N–H and O–H groups in total. The van der Waals surface area contributed by atoms with Crippen molar-refractivity contribution in [3.05, 3.63) is 161 Å². The molecule has 2 nitrogen and oxygen atoms in total. The highest BCUT2D eigenvalue weighted by molar-refractivity contribution is 7.18. The molecule has 1 aliphatic heterocycles. The lowest BCUT2D eigenvalue weighted by molar-refractivity contribution is -0.642. The Morgan fingerprint density at radius 2 is 1.37 bits per heavy atom. The second-order valence-electron chi connectivity index (χ2n) is 11.0. The molecule has 0 bridgehead atoms. The zero-order valence-corrected chi connectivity index (χ0v) is 24.3. The van der Waals surface area contributed by atoms with Gasteiger partial charge in [-0.1, -0.05) is 121 Å². The number of aryl methyl sites for hydroxylation is 1. The highest BCUT2D eigenvalue weighted by Gasteiger charge is 2.47. The van der Waals surface area contributed by atoms with Crippen LogP contribution in [0.2, 0.25) is 0 Å². The number of fused-ring (bicyclic) bond motifs is 4. The number of hydrogen-bond acceptors (Lipinski definition) is 2. The highest BCUT2D eigenvalue weighted by Crippen LogP contribution is 2.53. The van der Waals surface area contributed by atoms with E-state index < -0.39 is 0 Å². The van der Waals surface area contributed by atoms with Gasteiger partial charge in [-0.2, -0.15) is 4.57 Å². The van der Waals surface area contributed by atoms with Crippen LogP contribution in [0.15, 0.2) is 139 Å². The van der Waals surface area contributed by atoms with Crippen molar-refractivity contribution in [2.45, 2.75) is 18.3 Å². The third-order valence-electron chi connectivity index (χ3n) is 8.56. The van der Waals surface area contributed by atoms with Crippen LogP contribution in [-0.2, 0) is 25.3 Å². The summed E-state index contributed by atoms with van der Waals surface area (Å²) in [7, 11) is 4.40. The Bertz CT molecular complexity index is 1870. The zero-order valence-electron chi connectivity index (χ0n) is 23.5.